The molecule has 0 spiro atoms. The largest absolute Gasteiger partial charge is 0.336 e. The molecule has 1 saturated heterocycles. The summed E-state index contributed by atoms with van der Waals surface area (Å²) in [5.41, 5.74) is 0.982. The fourth-order valence-electron chi connectivity index (χ4n) is 4.84. The summed E-state index contributed by atoms with van der Waals surface area (Å²) >= 11 is 0. The lowest BCUT2D eigenvalue weighted by Gasteiger charge is -2.35. The highest BCUT2D eigenvalue weighted by Gasteiger charge is 2.26. The lowest BCUT2D eigenvalue weighted by molar-refractivity contribution is -0.119. The second kappa shape index (κ2) is 12.4. The Labute approximate surface area is 233 Å². The number of hydrogen-bond donors (Lipinski definition) is 0. The van der Waals surface area contributed by atoms with Crippen molar-refractivity contribution in [1.82, 2.24) is 18.9 Å². The van der Waals surface area contributed by atoms with Crippen LogP contribution in [0.25, 0.3) is 0 Å². The van der Waals surface area contributed by atoms with E-state index in [9.17, 15) is 23.6 Å². The fourth-order valence-corrected chi connectivity index (χ4v) is 4.84. The molecule has 1 aliphatic heterocycles. The highest BCUT2D eigenvalue weighted by molar-refractivity contribution is 5.94. The number of carbonyl (C=O) groups excluding carboxylic acids is 2. The lowest BCUT2D eigenvalue weighted by Crippen LogP contribution is -2.49. The average Bonchev–Trinajstić information content (AvgIpc) is 2.96. The average molecular weight is 550 g/mol. The highest BCUT2D eigenvalue weighted by Crippen LogP contribution is 2.18. The maximum Gasteiger partial charge on any atom is 0.330 e. The van der Waals surface area contributed by atoms with E-state index in [0.29, 0.717) is 44.2 Å². The van der Waals surface area contributed by atoms with E-state index in [4.69, 9.17) is 0 Å². The number of amides is 2. The zero-order chi connectivity index (χ0) is 29.0. The first kappa shape index (κ1) is 28.9. The van der Waals surface area contributed by atoms with Crippen LogP contribution in [0.1, 0.15) is 47.7 Å². The number of anilines is 1. The van der Waals surface area contributed by atoms with Gasteiger partial charge in [0.05, 0.1) is 6.54 Å². The third-order valence-corrected chi connectivity index (χ3v) is 7.43. The zero-order valence-corrected chi connectivity index (χ0v) is 23.5. The van der Waals surface area contributed by atoms with Gasteiger partial charge in [-0.25, -0.2) is 9.18 Å². The van der Waals surface area contributed by atoms with Crippen molar-refractivity contribution in [2.24, 2.45) is 14.1 Å². The van der Waals surface area contributed by atoms with Crippen molar-refractivity contribution in [3.8, 4) is 0 Å². The third kappa shape index (κ3) is 6.39. The molecule has 1 fully saturated rings. The van der Waals surface area contributed by atoms with E-state index in [1.807, 2.05) is 29.2 Å². The Balaban J connectivity index is 1.42. The molecule has 2 heterocycles. The molecule has 9 nitrogen and oxygen atoms in total. The molecule has 0 radical (unpaired) electrons. The van der Waals surface area contributed by atoms with Gasteiger partial charge in [-0.2, -0.15) is 0 Å². The van der Waals surface area contributed by atoms with E-state index in [2.05, 4.69) is 18.7 Å². The van der Waals surface area contributed by atoms with Gasteiger partial charge in [0.15, 0.2) is 0 Å². The number of nitrogens with zero attached hydrogens (tertiary/aromatic N) is 5. The van der Waals surface area contributed by atoms with Crippen molar-refractivity contribution in [2.75, 3.05) is 37.6 Å². The molecule has 0 atom stereocenters. The quantitative estimate of drug-likeness (QED) is 0.431. The SMILES string of the molecule is CC(C)c1ccc(C(=O)N2CCN(CCC(=O)N(Cc3ccccc3F)c3cn(C)c(=O)n(C)c3=O)CC2)cc1. The van der Waals surface area contributed by atoms with Gasteiger partial charge in [0.1, 0.15) is 11.5 Å². The van der Waals surface area contributed by atoms with Crippen molar-refractivity contribution >= 4 is 17.5 Å². The Morgan fingerprint density at radius 3 is 2.23 bits per heavy atom. The van der Waals surface area contributed by atoms with Gasteiger partial charge in [0, 0.05) is 70.6 Å². The van der Waals surface area contributed by atoms with Crippen molar-refractivity contribution < 1.29 is 14.0 Å². The second-order valence-electron chi connectivity index (χ2n) is 10.5. The maximum atomic E-state index is 14.5. The fraction of sp³-hybridized carbons (Fsp3) is 0.400. The Kier molecular flexibility index (Phi) is 8.99. The number of halogens is 1. The van der Waals surface area contributed by atoms with Crippen LogP contribution in [0.5, 0.6) is 0 Å². The number of carbonyl (C=O) groups is 2. The second-order valence-corrected chi connectivity index (χ2v) is 10.5. The Morgan fingerprint density at radius 1 is 0.950 bits per heavy atom. The molecular formula is C30H36FN5O4. The summed E-state index contributed by atoms with van der Waals surface area (Å²) in [4.78, 5) is 56.8. The molecule has 40 heavy (non-hydrogen) atoms. The van der Waals surface area contributed by atoms with Gasteiger partial charge in [0.2, 0.25) is 5.91 Å². The van der Waals surface area contributed by atoms with Gasteiger partial charge in [-0.05, 0) is 29.7 Å². The van der Waals surface area contributed by atoms with Gasteiger partial charge in [0.25, 0.3) is 11.5 Å². The molecule has 0 unspecified atom stereocenters. The minimum atomic E-state index is -0.624. The molecule has 0 aliphatic carbocycles. The van der Waals surface area contributed by atoms with Crippen molar-refractivity contribution in [3.63, 3.8) is 0 Å². The molecule has 212 valence electrons. The Morgan fingerprint density at radius 2 is 1.60 bits per heavy atom. The van der Waals surface area contributed by atoms with E-state index in [1.54, 1.807) is 18.2 Å². The molecule has 3 aromatic rings. The first-order valence-corrected chi connectivity index (χ1v) is 13.5. The van der Waals surface area contributed by atoms with Gasteiger partial charge in [-0.3, -0.25) is 23.9 Å². The normalized spacial score (nSPS) is 14.0. The molecule has 10 heteroatoms. The topological polar surface area (TPSA) is 87.9 Å². The van der Waals surface area contributed by atoms with Crippen LogP contribution >= 0.6 is 0 Å². The number of aryl methyl sites for hydroxylation is 1. The molecule has 0 N–H and O–H groups in total. The van der Waals surface area contributed by atoms with Crippen LogP contribution in [-0.4, -0.2) is 63.5 Å². The predicted molar refractivity (Wildman–Crippen MR) is 152 cm³/mol. The zero-order valence-electron chi connectivity index (χ0n) is 23.5. The number of hydrogen-bond acceptors (Lipinski definition) is 5. The summed E-state index contributed by atoms with van der Waals surface area (Å²) < 4.78 is 16.7. The third-order valence-electron chi connectivity index (χ3n) is 7.43. The smallest absolute Gasteiger partial charge is 0.330 e. The van der Waals surface area contributed by atoms with Crippen LogP contribution in [-0.2, 0) is 25.4 Å². The first-order valence-electron chi connectivity index (χ1n) is 13.5. The molecule has 1 aliphatic rings. The van der Waals surface area contributed by atoms with Gasteiger partial charge < -0.3 is 14.4 Å². The number of aromatic nitrogens is 2. The van der Waals surface area contributed by atoms with E-state index in [0.717, 1.165) is 4.57 Å². The monoisotopic (exact) mass is 549 g/mol. The number of benzene rings is 2. The van der Waals surface area contributed by atoms with Crippen molar-refractivity contribution in [2.45, 2.75) is 32.7 Å². The van der Waals surface area contributed by atoms with E-state index in [-0.39, 0.29) is 36.0 Å². The molecule has 1 aromatic heterocycles. The van der Waals surface area contributed by atoms with Crippen LogP contribution in [0, 0.1) is 5.82 Å². The summed E-state index contributed by atoms with van der Waals surface area (Å²) in [7, 11) is 2.84. The van der Waals surface area contributed by atoms with Gasteiger partial charge in [-0.1, -0.05) is 44.2 Å². The summed E-state index contributed by atoms with van der Waals surface area (Å²) in [6.45, 7) is 6.80. The predicted octanol–water partition coefficient (Wildman–Crippen LogP) is 2.73. The van der Waals surface area contributed by atoms with E-state index < -0.39 is 17.1 Å². The van der Waals surface area contributed by atoms with Crippen LogP contribution in [0.15, 0.2) is 64.3 Å². The maximum absolute atomic E-state index is 14.5. The number of piperazine rings is 1. The van der Waals surface area contributed by atoms with Crippen molar-refractivity contribution in [1.29, 1.82) is 0 Å². The Bertz CT molecular complexity index is 1490. The minimum absolute atomic E-state index is 0.00682. The molecular weight excluding hydrogens is 513 g/mol. The summed E-state index contributed by atoms with van der Waals surface area (Å²) in [5, 5.41) is 0. The molecule has 0 bridgehead atoms. The summed E-state index contributed by atoms with van der Waals surface area (Å²) in [5.74, 6) is -0.452. The number of rotatable bonds is 8. The Hall–Kier alpha value is -4.05. The van der Waals surface area contributed by atoms with Crippen LogP contribution < -0.4 is 16.1 Å². The van der Waals surface area contributed by atoms with Gasteiger partial charge >= 0.3 is 5.69 Å². The molecule has 4 rings (SSSR count). The molecule has 2 aromatic carbocycles. The molecule has 2 amide bonds. The van der Waals surface area contributed by atoms with Crippen LogP contribution in [0.3, 0.4) is 0 Å². The van der Waals surface area contributed by atoms with Crippen LogP contribution in [0.2, 0.25) is 0 Å². The van der Waals surface area contributed by atoms with Crippen molar-refractivity contribution in [3.05, 3.63) is 98.1 Å². The lowest BCUT2D eigenvalue weighted by atomic mass is 10.0. The van der Waals surface area contributed by atoms with E-state index >= 15 is 0 Å². The standard InChI is InChI=1S/C30H36FN5O4/c1-21(2)22-9-11-23(12-10-22)28(38)35-17-15-34(16-18-35)14-13-27(37)36(19-24-7-5-6-8-25(24)31)26-20-32(3)30(40)33(4)29(26)39/h5-12,20-21H,13-19H2,1-4H3. The van der Waals surface area contributed by atoms with Crippen LogP contribution in [0.4, 0.5) is 10.1 Å². The first-order chi connectivity index (χ1) is 19.1. The highest BCUT2D eigenvalue weighted by atomic mass is 19.1. The molecule has 0 saturated carbocycles. The minimum Gasteiger partial charge on any atom is -0.336 e. The summed E-state index contributed by atoms with van der Waals surface area (Å²) in [6.07, 6.45) is 1.41. The van der Waals surface area contributed by atoms with Gasteiger partial charge in [-0.15, -0.1) is 0 Å². The summed E-state index contributed by atoms with van der Waals surface area (Å²) in [6, 6.07) is 13.8. The van der Waals surface area contributed by atoms with E-state index in [1.165, 1.54) is 41.4 Å².